The predicted octanol–water partition coefficient (Wildman–Crippen LogP) is 2.41. The summed E-state index contributed by atoms with van der Waals surface area (Å²) in [5, 5.41) is 3.03. The fraction of sp³-hybridized carbons (Fsp3) is 0.214. The minimum absolute atomic E-state index is 0.305. The van der Waals surface area contributed by atoms with Crippen LogP contribution in [0.2, 0.25) is 5.02 Å². The molecule has 0 unspecified atom stereocenters. The zero-order valence-electron chi connectivity index (χ0n) is 11.4. The summed E-state index contributed by atoms with van der Waals surface area (Å²) >= 11 is 5.93. The van der Waals surface area contributed by atoms with Gasteiger partial charge in [0.05, 0.1) is 29.1 Å². The third-order valence-electron chi connectivity index (χ3n) is 2.54. The number of aromatic nitrogens is 2. The quantitative estimate of drug-likeness (QED) is 0.830. The number of nitrogens with one attached hydrogen (secondary N) is 1. The Bertz CT molecular complexity index is 605. The first kappa shape index (κ1) is 15.2. The molecule has 0 saturated carbocycles. The number of carbonyl (C=O) groups excluding carboxylic acids is 1. The molecule has 0 radical (unpaired) electrons. The Morgan fingerprint density at radius 1 is 1.29 bits per heavy atom. The van der Waals surface area contributed by atoms with Crippen LogP contribution >= 0.6 is 11.6 Å². The van der Waals surface area contributed by atoms with E-state index in [0.717, 1.165) is 0 Å². The molecule has 0 aliphatic carbocycles. The van der Waals surface area contributed by atoms with E-state index in [1.165, 1.54) is 18.6 Å². The third-order valence-corrected chi connectivity index (χ3v) is 2.87. The van der Waals surface area contributed by atoms with Gasteiger partial charge in [-0.3, -0.25) is 9.78 Å². The van der Waals surface area contributed by atoms with Crippen molar-refractivity contribution in [2.75, 3.05) is 25.6 Å². The van der Waals surface area contributed by atoms with Crippen LogP contribution in [0.15, 0.2) is 36.8 Å². The van der Waals surface area contributed by atoms with Gasteiger partial charge in [0.25, 0.3) is 5.91 Å². The summed E-state index contributed by atoms with van der Waals surface area (Å²) in [7, 11) is 1.60. The van der Waals surface area contributed by atoms with Gasteiger partial charge in [-0.2, -0.15) is 0 Å². The molecule has 0 aliphatic rings. The number of ether oxygens (including phenoxy) is 2. The number of methoxy groups -OCH3 is 1. The van der Waals surface area contributed by atoms with Gasteiger partial charge < -0.3 is 14.8 Å². The maximum Gasteiger partial charge on any atom is 0.258 e. The maximum absolute atomic E-state index is 12.0. The number of amides is 1. The lowest BCUT2D eigenvalue weighted by molar-refractivity contribution is 0.102. The summed E-state index contributed by atoms with van der Waals surface area (Å²) in [6, 6.07) is 4.91. The first-order chi connectivity index (χ1) is 10.2. The van der Waals surface area contributed by atoms with Crippen LogP contribution in [0.4, 0.5) is 5.69 Å². The minimum atomic E-state index is -0.344. The number of carbonyl (C=O) groups is 1. The average Bonchev–Trinajstić information content (AvgIpc) is 2.49. The number of rotatable bonds is 6. The maximum atomic E-state index is 12.0. The number of nitrogens with zero attached hydrogens (tertiary/aromatic N) is 2. The summed E-state index contributed by atoms with van der Waals surface area (Å²) in [4.78, 5) is 20.0. The van der Waals surface area contributed by atoms with E-state index < -0.39 is 0 Å². The highest BCUT2D eigenvalue weighted by Crippen LogP contribution is 2.17. The highest BCUT2D eigenvalue weighted by Gasteiger charge is 2.10. The Kier molecular flexibility index (Phi) is 5.48. The van der Waals surface area contributed by atoms with Crippen molar-refractivity contribution in [2.24, 2.45) is 0 Å². The number of halogens is 1. The lowest BCUT2D eigenvalue weighted by atomic mass is 10.2. The molecule has 2 rings (SSSR count). The molecule has 2 aromatic heterocycles. The molecule has 0 aromatic carbocycles. The summed E-state index contributed by atoms with van der Waals surface area (Å²) in [6.07, 6.45) is 4.43. The van der Waals surface area contributed by atoms with Gasteiger partial charge in [-0.05, 0) is 12.1 Å². The zero-order valence-corrected chi connectivity index (χ0v) is 12.1. The topological polar surface area (TPSA) is 73.3 Å². The second kappa shape index (κ2) is 7.56. The number of hydrogen-bond acceptors (Lipinski definition) is 5. The Labute approximate surface area is 127 Å². The molecular weight excluding hydrogens is 294 g/mol. The van der Waals surface area contributed by atoms with Gasteiger partial charge in [-0.25, -0.2) is 4.98 Å². The average molecular weight is 308 g/mol. The van der Waals surface area contributed by atoms with Crippen molar-refractivity contribution in [2.45, 2.75) is 0 Å². The van der Waals surface area contributed by atoms with Crippen molar-refractivity contribution in [3.63, 3.8) is 0 Å². The van der Waals surface area contributed by atoms with Crippen molar-refractivity contribution in [3.05, 3.63) is 47.4 Å². The molecule has 0 atom stereocenters. The highest BCUT2D eigenvalue weighted by molar-refractivity contribution is 6.34. The molecule has 0 spiro atoms. The first-order valence-electron chi connectivity index (χ1n) is 6.19. The van der Waals surface area contributed by atoms with Crippen molar-refractivity contribution in [3.8, 4) is 5.88 Å². The largest absolute Gasteiger partial charge is 0.475 e. The Morgan fingerprint density at radius 3 is 2.81 bits per heavy atom. The number of hydrogen-bond donors (Lipinski definition) is 1. The molecular formula is C14H14ClN3O3. The van der Waals surface area contributed by atoms with Gasteiger partial charge in [-0.1, -0.05) is 11.6 Å². The van der Waals surface area contributed by atoms with Crippen molar-refractivity contribution in [1.29, 1.82) is 0 Å². The Balaban J connectivity index is 1.97. The second-order valence-corrected chi connectivity index (χ2v) is 4.44. The minimum Gasteiger partial charge on any atom is -0.475 e. The molecule has 6 nitrogen and oxygen atoms in total. The van der Waals surface area contributed by atoms with E-state index >= 15 is 0 Å². The van der Waals surface area contributed by atoms with Gasteiger partial charge in [0.15, 0.2) is 0 Å². The van der Waals surface area contributed by atoms with E-state index in [-0.39, 0.29) is 5.91 Å². The molecule has 2 aromatic rings. The van der Waals surface area contributed by atoms with Crippen LogP contribution in [0.25, 0.3) is 0 Å². The molecule has 1 amide bonds. The van der Waals surface area contributed by atoms with E-state index in [1.54, 1.807) is 25.3 Å². The van der Waals surface area contributed by atoms with E-state index in [4.69, 9.17) is 21.1 Å². The molecule has 0 aliphatic heterocycles. The van der Waals surface area contributed by atoms with Crippen molar-refractivity contribution in [1.82, 2.24) is 9.97 Å². The van der Waals surface area contributed by atoms with Crippen LogP contribution in [0.1, 0.15) is 10.4 Å². The van der Waals surface area contributed by atoms with Crippen LogP contribution in [0.3, 0.4) is 0 Å². The van der Waals surface area contributed by atoms with Crippen LogP contribution < -0.4 is 10.1 Å². The Hall–Kier alpha value is -2.18. The zero-order chi connectivity index (χ0) is 15.1. The Morgan fingerprint density at radius 2 is 2.14 bits per heavy atom. The monoisotopic (exact) mass is 307 g/mol. The highest BCUT2D eigenvalue weighted by atomic mass is 35.5. The number of anilines is 1. The first-order valence-corrected chi connectivity index (χ1v) is 6.57. The predicted molar refractivity (Wildman–Crippen MR) is 78.8 cm³/mol. The summed E-state index contributed by atoms with van der Waals surface area (Å²) < 4.78 is 10.2. The summed E-state index contributed by atoms with van der Waals surface area (Å²) in [5.74, 6) is 0.118. The van der Waals surface area contributed by atoms with Crippen LogP contribution in [-0.4, -0.2) is 36.2 Å². The smallest absolute Gasteiger partial charge is 0.258 e. The van der Waals surface area contributed by atoms with Gasteiger partial charge in [-0.15, -0.1) is 0 Å². The van der Waals surface area contributed by atoms with E-state index in [0.29, 0.717) is 35.4 Å². The summed E-state index contributed by atoms with van der Waals surface area (Å²) in [5.41, 5.74) is 0.846. The molecule has 110 valence electrons. The van der Waals surface area contributed by atoms with Crippen LogP contribution in [0, 0.1) is 0 Å². The lowest BCUT2D eigenvalue weighted by Crippen LogP contribution is -2.13. The fourth-order valence-electron chi connectivity index (χ4n) is 1.51. The molecule has 0 fully saturated rings. The SMILES string of the molecule is COCCOc1ccc(NC(=O)c2cnccc2Cl)cn1. The summed E-state index contributed by atoms with van der Waals surface area (Å²) in [6.45, 7) is 0.903. The van der Waals surface area contributed by atoms with Gasteiger partial charge in [0, 0.05) is 25.6 Å². The molecule has 7 heteroatoms. The number of pyridine rings is 2. The van der Waals surface area contributed by atoms with Crippen molar-refractivity contribution < 1.29 is 14.3 Å². The molecule has 1 N–H and O–H groups in total. The van der Waals surface area contributed by atoms with Gasteiger partial charge in [0.1, 0.15) is 6.61 Å². The van der Waals surface area contributed by atoms with E-state index in [9.17, 15) is 4.79 Å². The van der Waals surface area contributed by atoms with E-state index in [1.807, 2.05) is 0 Å². The van der Waals surface area contributed by atoms with Crippen LogP contribution in [-0.2, 0) is 4.74 Å². The second-order valence-electron chi connectivity index (χ2n) is 4.04. The molecule has 2 heterocycles. The normalized spacial score (nSPS) is 10.2. The van der Waals surface area contributed by atoms with Gasteiger partial charge in [0.2, 0.25) is 5.88 Å². The van der Waals surface area contributed by atoms with Crippen molar-refractivity contribution >= 4 is 23.2 Å². The van der Waals surface area contributed by atoms with E-state index in [2.05, 4.69) is 15.3 Å². The molecule has 0 saturated heterocycles. The molecule has 21 heavy (non-hydrogen) atoms. The van der Waals surface area contributed by atoms with Crippen LogP contribution in [0.5, 0.6) is 5.88 Å². The standard InChI is InChI=1S/C14H14ClN3O3/c1-20-6-7-21-13-3-2-10(8-17-13)18-14(19)11-9-16-5-4-12(11)15/h2-5,8-9H,6-7H2,1H3,(H,18,19). The third kappa shape index (κ3) is 4.40. The molecule has 0 bridgehead atoms. The lowest BCUT2D eigenvalue weighted by Gasteiger charge is -2.07. The van der Waals surface area contributed by atoms with Gasteiger partial charge >= 0.3 is 0 Å². The fourth-order valence-corrected chi connectivity index (χ4v) is 1.70.